The summed E-state index contributed by atoms with van der Waals surface area (Å²) in [5.41, 5.74) is 3.27. The Balaban J connectivity index is 2.39. The van der Waals surface area contributed by atoms with Crippen LogP contribution in [0.3, 0.4) is 0 Å². The zero-order valence-electron chi connectivity index (χ0n) is 12.0. The van der Waals surface area contributed by atoms with Crippen molar-refractivity contribution < 1.29 is 17.9 Å². The van der Waals surface area contributed by atoms with E-state index in [9.17, 15) is 13.2 Å². The van der Waals surface area contributed by atoms with Crippen molar-refractivity contribution in [3.05, 3.63) is 41.2 Å². The van der Waals surface area contributed by atoms with Gasteiger partial charge in [-0.05, 0) is 33.0 Å². The maximum atomic E-state index is 12.3. The number of benzene rings is 1. The van der Waals surface area contributed by atoms with E-state index in [1.807, 2.05) is 20.9 Å². The summed E-state index contributed by atoms with van der Waals surface area (Å²) >= 11 is 0. The first kappa shape index (κ1) is 15.4. The van der Waals surface area contributed by atoms with E-state index in [1.165, 1.54) is 18.2 Å². The van der Waals surface area contributed by atoms with Crippen LogP contribution >= 0.6 is 0 Å². The molecule has 2 aromatic rings. The van der Waals surface area contributed by atoms with Crippen LogP contribution in [0.1, 0.15) is 17.0 Å². The Hall–Kier alpha value is -2.02. The second-order valence-corrected chi connectivity index (χ2v) is 4.64. The predicted octanol–water partition coefficient (Wildman–Crippen LogP) is 3.11. The summed E-state index contributed by atoms with van der Waals surface area (Å²) in [5, 5.41) is 7.42. The van der Waals surface area contributed by atoms with Crippen molar-refractivity contribution in [3.63, 3.8) is 0 Å². The molecule has 1 N–H and O–H groups in total. The molecule has 4 nitrogen and oxygen atoms in total. The fourth-order valence-electron chi connectivity index (χ4n) is 2.17. The Morgan fingerprint density at radius 1 is 1.29 bits per heavy atom. The van der Waals surface area contributed by atoms with Crippen molar-refractivity contribution in [2.45, 2.75) is 26.8 Å². The van der Waals surface area contributed by atoms with Gasteiger partial charge in [0.1, 0.15) is 5.75 Å². The summed E-state index contributed by atoms with van der Waals surface area (Å²) in [6, 6.07) is 5.77. The Morgan fingerprint density at radius 3 is 2.62 bits per heavy atom. The molecule has 0 aliphatic heterocycles. The van der Waals surface area contributed by atoms with Crippen LogP contribution in [0.2, 0.25) is 0 Å². The number of halogens is 3. The van der Waals surface area contributed by atoms with Gasteiger partial charge in [-0.3, -0.25) is 0 Å². The Morgan fingerprint density at radius 2 is 2.00 bits per heavy atom. The average Bonchev–Trinajstić information content (AvgIpc) is 2.65. The van der Waals surface area contributed by atoms with Gasteiger partial charge in [-0.15, -0.1) is 13.2 Å². The smallest absolute Gasteiger partial charge is 0.406 e. The van der Waals surface area contributed by atoms with Crippen LogP contribution in [-0.2, 0) is 6.54 Å². The first-order valence-corrected chi connectivity index (χ1v) is 6.37. The molecule has 1 aromatic heterocycles. The van der Waals surface area contributed by atoms with Gasteiger partial charge in [0.2, 0.25) is 0 Å². The molecular weight excluding hydrogens is 283 g/mol. The summed E-state index contributed by atoms with van der Waals surface area (Å²) in [4.78, 5) is 0. The van der Waals surface area contributed by atoms with Crippen LogP contribution in [0.4, 0.5) is 13.2 Å². The minimum atomic E-state index is -4.70. The van der Waals surface area contributed by atoms with E-state index in [1.54, 1.807) is 10.7 Å². The van der Waals surface area contributed by atoms with Gasteiger partial charge in [0.05, 0.1) is 11.4 Å². The Labute approximate surface area is 120 Å². The van der Waals surface area contributed by atoms with Crippen molar-refractivity contribution in [2.24, 2.45) is 0 Å². The number of alkyl halides is 3. The molecule has 0 radical (unpaired) electrons. The lowest BCUT2D eigenvalue weighted by Gasteiger charge is -2.11. The lowest BCUT2D eigenvalue weighted by atomic mass is 10.2. The minimum absolute atomic E-state index is 0.261. The molecule has 0 saturated heterocycles. The molecule has 2 rings (SSSR count). The van der Waals surface area contributed by atoms with E-state index in [2.05, 4.69) is 15.2 Å². The summed E-state index contributed by atoms with van der Waals surface area (Å²) in [5.74, 6) is -0.261. The molecule has 0 aliphatic rings. The second kappa shape index (κ2) is 5.77. The number of rotatable bonds is 4. The normalized spacial score (nSPS) is 11.7. The SMILES string of the molecule is CNCc1c(C)nn(-c2cccc(OC(F)(F)F)c2)c1C. The highest BCUT2D eigenvalue weighted by atomic mass is 19.4. The standard InChI is InChI=1S/C14H16F3N3O/c1-9-13(8-18-3)10(2)20(19-9)11-5-4-6-12(7-11)21-14(15,16)17/h4-7,18H,8H2,1-3H3. The molecule has 1 heterocycles. The zero-order chi connectivity index (χ0) is 15.6. The van der Waals surface area contributed by atoms with Gasteiger partial charge in [0.15, 0.2) is 0 Å². The topological polar surface area (TPSA) is 39.1 Å². The third-order valence-corrected chi connectivity index (χ3v) is 3.09. The highest BCUT2D eigenvalue weighted by Crippen LogP contribution is 2.26. The van der Waals surface area contributed by atoms with Gasteiger partial charge < -0.3 is 10.1 Å². The van der Waals surface area contributed by atoms with Crippen LogP contribution in [0.5, 0.6) is 5.75 Å². The first-order valence-electron chi connectivity index (χ1n) is 6.37. The summed E-state index contributed by atoms with van der Waals surface area (Å²) in [6.07, 6.45) is -4.70. The quantitative estimate of drug-likeness (QED) is 0.943. The third-order valence-electron chi connectivity index (χ3n) is 3.09. The van der Waals surface area contributed by atoms with Crippen LogP contribution in [0.25, 0.3) is 5.69 Å². The fourth-order valence-corrected chi connectivity index (χ4v) is 2.17. The fraction of sp³-hybridized carbons (Fsp3) is 0.357. The Kier molecular flexibility index (Phi) is 4.22. The number of aromatic nitrogens is 2. The molecule has 7 heteroatoms. The number of nitrogens with one attached hydrogen (secondary N) is 1. The van der Waals surface area contributed by atoms with E-state index < -0.39 is 6.36 Å². The third kappa shape index (κ3) is 3.55. The zero-order valence-corrected chi connectivity index (χ0v) is 12.0. The van der Waals surface area contributed by atoms with Crippen molar-refractivity contribution in [1.29, 1.82) is 0 Å². The first-order chi connectivity index (χ1) is 9.81. The molecule has 0 amide bonds. The van der Waals surface area contributed by atoms with E-state index in [4.69, 9.17) is 0 Å². The van der Waals surface area contributed by atoms with Crippen LogP contribution in [0, 0.1) is 13.8 Å². The van der Waals surface area contributed by atoms with Crippen molar-refractivity contribution in [2.75, 3.05) is 7.05 Å². The van der Waals surface area contributed by atoms with Crippen LogP contribution in [-0.4, -0.2) is 23.2 Å². The van der Waals surface area contributed by atoms with Crippen molar-refractivity contribution in [1.82, 2.24) is 15.1 Å². The molecule has 0 saturated carbocycles. The molecule has 0 fully saturated rings. The van der Waals surface area contributed by atoms with Gasteiger partial charge >= 0.3 is 6.36 Å². The molecular formula is C14H16F3N3O. The summed E-state index contributed by atoms with van der Waals surface area (Å²) < 4.78 is 42.4. The number of aryl methyl sites for hydroxylation is 1. The van der Waals surface area contributed by atoms with E-state index in [-0.39, 0.29) is 5.75 Å². The van der Waals surface area contributed by atoms with Gasteiger partial charge in [-0.1, -0.05) is 6.07 Å². The van der Waals surface area contributed by atoms with E-state index >= 15 is 0 Å². The lowest BCUT2D eigenvalue weighted by molar-refractivity contribution is -0.274. The van der Waals surface area contributed by atoms with Gasteiger partial charge in [-0.25, -0.2) is 4.68 Å². The van der Waals surface area contributed by atoms with Crippen molar-refractivity contribution >= 4 is 0 Å². The van der Waals surface area contributed by atoms with Crippen molar-refractivity contribution in [3.8, 4) is 11.4 Å². The minimum Gasteiger partial charge on any atom is -0.406 e. The predicted molar refractivity (Wildman–Crippen MR) is 72.5 cm³/mol. The number of hydrogen-bond acceptors (Lipinski definition) is 3. The van der Waals surface area contributed by atoms with Gasteiger partial charge in [0.25, 0.3) is 0 Å². The number of ether oxygens (including phenoxy) is 1. The highest BCUT2D eigenvalue weighted by molar-refractivity contribution is 5.42. The maximum absolute atomic E-state index is 12.3. The largest absolute Gasteiger partial charge is 0.573 e. The number of nitrogens with zero attached hydrogens (tertiary/aromatic N) is 2. The summed E-state index contributed by atoms with van der Waals surface area (Å²) in [6.45, 7) is 4.40. The molecule has 0 bridgehead atoms. The second-order valence-electron chi connectivity index (χ2n) is 4.64. The molecule has 0 atom stereocenters. The maximum Gasteiger partial charge on any atom is 0.573 e. The molecule has 0 spiro atoms. The molecule has 21 heavy (non-hydrogen) atoms. The molecule has 0 aliphatic carbocycles. The molecule has 1 aromatic carbocycles. The van der Waals surface area contributed by atoms with E-state index in [0.29, 0.717) is 12.2 Å². The van der Waals surface area contributed by atoms with E-state index in [0.717, 1.165) is 17.0 Å². The molecule has 114 valence electrons. The lowest BCUT2D eigenvalue weighted by Crippen LogP contribution is -2.17. The highest BCUT2D eigenvalue weighted by Gasteiger charge is 2.31. The monoisotopic (exact) mass is 299 g/mol. The number of hydrogen-bond donors (Lipinski definition) is 1. The van der Waals surface area contributed by atoms with Gasteiger partial charge in [0, 0.05) is 23.9 Å². The molecule has 0 unspecified atom stereocenters. The van der Waals surface area contributed by atoms with Crippen LogP contribution in [0.15, 0.2) is 24.3 Å². The average molecular weight is 299 g/mol. The van der Waals surface area contributed by atoms with Crippen LogP contribution < -0.4 is 10.1 Å². The Bertz CT molecular complexity index is 635. The summed E-state index contributed by atoms with van der Waals surface area (Å²) in [7, 11) is 1.83. The van der Waals surface area contributed by atoms with Gasteiger partial charge in [-0.2, -0.15) is 5.10 Å².